The molecule has 0 saturated carbocycles. The molecule has 3 aromatic carbocycles. The van der Waals surface area contributed by atoms with Crippen LogP contribution < -0.4 is 4.74 Å². The molecule has 0 aliphatic carbocycles. The summed E-state index contributed by atoms with van der Waals surface area (Å²) in [6.45, 7) is 0. The number of hydrogen-bond donors (Lipinski definition) is 0. The second-order valence-corrected chi connectivity index (χ2v) is 5.59. The summed E-state index contributed by atoms with van der Waals surface area (Å²) in [6.07, 6.45) is 1.53. The number of ether oxygens (including phenoxy) is 1. The van der Waals surface area contributed by atoms with Gasteiger partial charge in [-0.05, 0) is 42.0 Å². The second kappa shape index (κ2) is 8.07. The first kappa shape index (κ1) is 18.0. The third kappa shape index (κ3) is 4.25. The number of rotatable bonds is 4. The highest BCUT2D eigenvalue weighted by atomic mass is 19.1. The Morgan fingerprint density at radius 2 is 1.41 bits per heavy atom. The van der Waals surface area contributed by atoms with Crippen molar-refractivity contribution in [2.24, 2.45) is 0 Å². The van der Waals surface area contributed by atoms with Crippen molar-refractivity contribution in [2.75, 3.05) is 0 Å². The largest absolute Gasteiger partial charge is 0.423 e. The van der Waals surface area contributed by atoms with E-state index in [1.54, 1.807) is 30.3 Å². The van der Waals surface area contributed by atoms with E-state index in [4.69, 9.17) is 4.74 Å². The van der Waals surface area contributed by atoms with Gasteiger partial charge in [-0.2, -0.15) is 5.26 Å². The average molecular weight is 361 g/mol. The van der Waals surface area contributed by atoms with Gasteiger partial charge in [-0.1, -0.05) is 42.5 Å². The molecule has 0 atom stereocenters. The van der Waals surface area contributed by atoms with E-state index in [2.05, 4.69) is 0 Å². The highest BCUT2D eigenvalue weighted by molar-refractivity contribution is 5.92. The topological polar surface area (TPSA) is 50.1 Å². The van der Waals surface area contributed by atoms with Gasteiger partial charge in [0.15, 0.2) is 0 Å². The minimum atomic E-state index is -0.805. The Balaban J connectivity index is 1.79. The summed E-state index contributed by atoms with van der Waals surface area (Å²) in [7, 11) is 0. The van der Waals surface area contributed by atoms with E-state index in [1.807, 2.05) is 6.07 Å². The molecule has 0 amide bonds. The molecule has 0 aliphatic rings. The predicted octanol–water partition coefficient (Wildman–Crippen LogP) is 5.25. The Morgan fingerprint density at radius 1 is 0.852 bits per heavy atom. The molecule has 0 aromatic heterocycles. The number of allylic oxidation sites excluding steroid dienone is 1. The molecule has 132 valence electrons. The Hall–Kier alpha value is -3.78. The van der Waals surface area contributed by atoms with Crippen LogP contribution in [0.2, 0.25) is 0 Å². The van der Waals surface area contributed by atoms with Gasteiger partial charge in [-0.25, -0.2) is 13.6 Å². The van der Waals surface area contributed by atoms with Gasteiger partial charge in [0.2, 0.25) is 0 Å². The third-order valence-corrected chi connectivity index (χ3v) is 3.78. The normalized spacial score (nSPS) is 10.9. The van der Waals surface area contributed by atoms with Gasteiger partial charge >= 0.3 is 5.97 Å². The summed E-state index contributed by atoms with van der Waals surface area (Å²) >= 11 is 0. The number of carbonyl (C=O) groups is 1. The van der Waals surface area contributed by atoms with Crippen molar-refractivity contribution in [1.82, 2.24) is 0 Å². The molecular formula is C22H13F2NO2. The molecule has 3 nitrogen and oxygen atoms in total. The van der Waals surface area contributed by atoms with Crippen LogP contribution in [0.4, 0.5) is 8.78 Å². The maximum atomic E-state index is 13.9. The summed E-state index contributed by atoms with van der Waals surface area (Å²) in [4.78, 5) is 12.0. The number of benzene rings is 3. The first-order valence-corrected chi connectivity index (χ1v) is 8.02. The SMILES string of the molecule is N#C/C(=C/c1ccc(OC(=O)c2ccccc2F)cc1)c1ccccc1F. The van der Waals surface area contributed by atoms with Crippen LogP contribution in [-0.2, 0) is 0 Å². The molecule has 3 rings (SSSR count). The summed E-state index contributed by atoms with van der Waals surface area (Å²) in [5, 5.41) is 9.30. The van der Waals surface area contributed by atoms with E-state index >= 15 is 0 Å². The predicted molar refractivity (Wildman–Crippen MR) is 97.7 cm³/mol. The minimum absolute atomic E-state index is 0.159. The zero-order valence-electron chi connectivity index (χ0n) is 14.0. The highest BCUT2D eigenvalue weighted by Crippen LogP contribution is 2.22. The van der Waals surface area contributed by atoms with E-state index in [-0.39, 0.29) is 22.4 Å². The van der Waals surface area contributed by atoms with Crippen molar-refractivity contribution in [3.8, 4) is 11.8 Å². The highest BCUT2D eigenvalue weighted by Gasteiger charge is 2.13. The van der Waals surface area contributed by atoms with Crippen LogP contribution >= 0.6 is 0 Å². The van der Waals surface area contributed by atoms with Gasteiger partial charge in [-0.15, -0.1) is 0 Å². The number of carbonyl (C=O) groups excluding carboxylic acids is 1. The summed E-state index contributed by atoms with van der Waals surface area (Å²) < 4.78 is 32.6. The third-order valence-electron chi connectivity index (χ3n) is 3.78. The molecule has 0 spiro atoms. The van der Waals surface area contributed by atoms with Crippen LogP contribution in [0, 0.1) is 23.0 Å². The zero-order chi connectivity index (χ0) is 19.2. The lowest BCUT2D eigenvalue weighted by atomic mass is 10.0. The Morgan fingerprint density at radius 3 is 1.96 bits per heavy atom. The lowest BCUT2D eigenvalue weighted by Gasteiger charge is -2.06. The van der Waals surface area contributed by atoms with Crippen LogP contribution in [0.5, 0.6) is 5.75 Å². The Bertz CT molecular complexity index is 1050. The Kier molecular flexibility index (Phi) is 5.38. The van der Waals surface area contributed by atoms with Crippen molar-refractivity contribution in [3.05, 3.63) is 101 Å². The van der Waals surface area contributed by atoms with Gasteiger partial charge in [0, 0.05) is 5.56 Å². The number of nitriles is 1. The van der Waals surface area contributed by atoms with E-state index in [9.17, 15) is 18.8 Å². The van der Waals surface area contributed by atoms with Crippen LogP contribution in [-0.4, -0.2) is 5.97 Å². The lowest BCUT2D eigenvalue weighted by molar-refractivity contribution is 0.0730. The summed E-state index contributed by atoms with van der Waals surface area (Å²) in [5.74, 6) is -1.73. The van der Waals surface area contributed by atoms with E-state index in [1.165, 1.54) is 48.5 Å². The van der Waals surface area contributed by atoms with Crippen LogP contribution in [0.3, 0.4) is 0 Å². The average Bonchev–Trinajstić information content (AvgIpc) is 2.68. The monoisotopic (exact) mass is 361 g/mol. The molecule has 3 aromatic rings. The fourth-order valence-electron chi connectivity index (χ4n) is 2.44. The van der Waals surface area contributed by atoms with E-state index in [0.717, 1.165) is 0 Å². The second-order valence-electron chi connectivity index (χ2n) is 5.59. The molecule has 27 heavy (non-hydrogen) atoms. The van der Waals surface area contributed by atoms with Gasteiger partial charge in [0.25, 0.3) is 0 Å². The van der Waals surface area contributed by atoms with Crippen LogP contribution in [0.25, 0.3) is 11.6 Å². The molecule has 0 N–H and O–H groups in total. The molecule has 0 fully saturated rings. The van der Waals surface area contributed by atoms with Crippen LogP contribution in [0.1, 0.15) is 21.5 Å². The zero-order valence-corrected chi connectivity index (χ0v) is 14.0. The lowest BCUT2D eigenvalue weighted by Crippen LogP contribution is -2.10. The van der Waals surface area contributed by atoms with Crippen molar-refractivity contribution in [3.63, 3.8) is 0 Å². The number of hydrogen-bond acceptors (Lipinski definition) is 3. The number of nitrogens with zero attached hydrogens (tertiary/aromatic N) is 1. The summed E-state index contributed by atoms with van der Waals surface area (Å²) in [6, 6.07) is 19.8. The van der Waals surface area contributed by atoms with E-state index in [0.29, 0.717) is 5.56 Å². The standard InChI is InChI=1S/C22H13F2NO2/c23-20-7-3-1-5-18(20)16(14-25)13-15-9-11-17(12-10-15)27-22(26)19-6-2-4-8-21(19)24/h1-13H/b16-13-. The maximum Gasteiger partial charge on any atom is 0.346 e. The van der Waals surface area contributed by atoms with Gasteiger partial charge < -0.3 is 4.74 Å². The molecule has 0 radical (unpaired) electrons. The fraction of sp³-hybridized carbons (Fsp3) is 0. The van der Waals surface area contributed by atoms with E-state index < -0.39 is 17.6 Å². The smallest absolute Gasteiger partial charge is 0.346 e. The number of esters is 1. The molecule has 0 saturated heterocycles. The van der Waals surface area contributed by atoms with Crippen LogP contribution in [0.15, 0.2) is 72.8 Å². The fourth-order valence-corrected chi connectivity index (χ4v) is 2.44. The van der Waals surface area contributed by atoms with Crippen molar-refractivity contribution in [1.29, 1.82) is 5.26 Å². The molecule has 0 heterocycles. The minimum Gasteiger partial charge on any atom is -0.423 e. The number of halogens is 2. The molecule has 0 aliphatic heterocycles. The molecule has 0 bridgehead atoms. The molecule has 5 heteroatoms. The Labute approximate surface area is 154 Å². The first-order chi connectivity index (χ1) is 13.1. The van der Waals surface area contributed by atoms with Gasteiger partial charge in [0.05, 0.1) is 17.2 Å². The molecular weight excluding hydrogens is 348 g/mol. The quantitative estimate of drug-likeness (QED) is 0.276. The maximum absolute atomic E-state index is 13.9. The van der Waals surface area contributed by atoms with Crippen molar-refractivity contribution < 1.29 is 18.3 Å². The van der Waals surface area contributed by atoms with Crippen molar-refractivity contribution in [2.45, 2.75) is 0 Å². The van der Waals surface area contributed by atoms with Gasteiger partial charge in [0.1, 0.15) is 17.4 Å². The van der Waals surface area contributed by atoms with Gasteiger partial charge in [-0.3, -0.25) is 0 Å². The molecule has 0 unspecified atom stereocenters. The first-order valence-electron chi connectivity index (χ1n) is 8.02. The van der Waals surface area contributed by atoms with Crippen molar-refractivity contribution >= 4 is 17.6 Å². The summed E-state index contributed by atoms with van der Waals surface area (Å²) in [5.41, 5.74) is 0.840.